The molecule has 2 aromatic rings. The van der Waals surface area contributed by atoms with Crippen molar-refractivity contribution in [2.24, 2.45) is 5.73 Å². The fourth-order valence-corrected chi connectivity index (χ4v) is 4.06. The third-order valence-electron chi connectivity index (χ3n) is 3.32. The van der Waals surface area contributed by atoms with Crippen LogP contribution in [0.5, 0.6) is 0 Å². The molecular formula is C16H16ClFN2O3S. The van der Waals surface area contributed by atoms with Gasteiger partial charge in [-0.2, -0.15) is 4.31 Å². The van der Waals surface area contributed by atoms with Crippen LogP contribution in [0.1, 0.15) is 12.0 Å². The van der Waals surface area contributed by atoms with Crippen LogP contribution in [-0.2, 0) is 21.4 Å². The molecule has 0 unspecified atom stereocenters. The summed E-state index contributed by atoms with van der Waals surface area (Å²) >= 11 is 5.89. The lowest BCUT2D eigenvalue weighted by molar-refractivity contribution is -0.118. The first-order valence-corrected chi connectivity index (χ1v) is 8.90. The molecule has 2 aromatic carbocycles. The van der Waals surface area contributed by atoms with E-state index < -0.39 is 21.7 Å². The van der Waals surface area contributed by atoms with Gasteiger partial charge in [0, 0.05) is 19.5 Å². The van der Waals surface area contributed by atoms with Gasteiger partial charge in [-0.1, -0.05) is 41.9 Å². The van der Waals surface area contributed by atoms with Gasteiger partial charge >= 0.3 is 0 Å². The Hall–Kier alpha value is -1.96. The average molecular weight is 371 g/mol. The maximum atomic E-state index is 13.2. The van der Waals surface area contributed by atoms with Gasteiger partial charge < -0.3 is 5.73 Å². The zero-order valence-corrected chi connectivity index (χ0v) is 14.2. The Bertz CT molecular complexity index is 828. The van der Waals surface area contributed by atoms with Crippen LogP contribution in [-0.4, -0.2) is 25.2 Å². The molecular weight excluding hydrogens is 355 g/mol. The fourth-order valence-electron chi connectivity index (χ4n) is 2.13. The Kier molecular flexibility index (Phi) is 5.93. The van der Waals surface area contributed by atoms with Gasteiger partial charge in [-0.3, -0.25) is 4.79 Å². The number of benzene rings is 2. The number of hydrogen-bond acceptors (Lipinski definition) is 3. The highest BCUT2D eigenvalue weighted by Gasteiger charge is 2.27. The standard InChI is InChI=1S/C16H16ClFN2O3S/c17-14-10-13(18)6-7-15(14)24(22,23)20(9-8-16(19)21)11-12-4-2-1-3-5-12/h1-7,10H,8-9,11H2,(H2,19,21). The summed E-state index contributed by atoms with van der Waals surface area (Å²) in [5, 5.41) is -0.216. The number of hydrogen-bond donors (Lipinski definition) is 1. The number of nitrogens with zero attached hydrogens (tertiary/aromatic N) is 1. The van der Waals surface area contributed by atoms with E-state index in [4.69, 9.17) is 17.3 Å². The summed E-state index contributed by atoms with van der Waals surface area (Å²) in [6.45, 7) is -0.0512. The zero-order valence-electron chi connectivity index (χ0n) is 12.7. The summed E-state index contributed by atoms with van der Waals surface area (Å²) in [7, 11) is -4.02. The van der Waals surface area contributed by atoms with E-state index in [-0.39, 0.29) is 29.4 Å². The molecule has 0 bridgehead atoms. The molecule has 0 aliphatic carbocycles. The summed E-state index contributed by atoms with van der Waals surface area (Å²) in [5.74, 6) is -1.25. The van der Waals surface area contributed by atoms with Gasteiger partial charge in [0.15, 0.2) is 0 Å². The second-order valence-electron chi connectivity index (χ2n) is 5.12. The van der Waals surface area contributed by atoms with Crippen LogP contribution < -0.4 is 5.73 Å². The highest BCUT2D eigenvalue weighted by molar-refractivity contribution is 7.89. The highest BCUT2D eigenvalue weighted by Crippen LogP contribution is 2.26. The SMILES string of the molecule is NC(=O)CCN(Cc1ccccc1)S(=O)(=O)c1ccc(F)cc1Cl. The molecule has 0 heterocycles. The van der Waals surface area contributed by atoms with Crippen molar-refractivity contribution in [1.82, 2.24) is 4.31 Å². The zero-order chi connectivity index (χ0) is 17.7. The van der Waals surface area contributed by atoms with Gasteiger partial charge in [-0.15, -0.1) is 0 Å². The van der Waals surface area contributed by atoms with Gasteiger partial charge in [0.25, 0.3) is 0 Å². The summed E-state index contributed by atoms with van der Waals surface area (Å²) in [6.07, 6.45) is -0.134. The maximum absolute atomic E-state index is 13.2. The molecule has 2 N–H and O–H groups in total. The molecule has 24 heavy (non-hydrogen) atoms. The second-order valence-corrected chi connectivity index (χ2v) is 7.43. The Morgan fingerprint density at radius 1 is 1.17 bits per heavy atom. The molecule has 0 saturated heterocycles. The Labute approximate surface area is 144 Å². The van der Waals surface area contributed by atoms with E-state index in [1.807, 2.05) is 6.07 Å². The van der Waals surface area contributed by atoms with Crippen molar-refractivity contribution in [3.05, 3.63) is 64.9 Å². The minimum absolute atomic E-state index is 0.0458. The topological polar surface area (TPSA) is 80.5 Å². The number of nitrogens with two attached hydrogens (primary N) is 1. The number of carbonyl (C=O) groups is 1. The minimum Gasteiger partial charge on any atom is -0.370 e. The van der Waals surface area contributed by atoms with Gasteiger partial charge in [-0.05, 0) is 23.8 Å². The molecule has 0 saturated carbocycles. The van der Waals surface area contributed by atoms with Gasteiger partial charge in [0.1, 0.15) is 10.7 Å². The molecule has 8 heteroatoms. The molecule has 128 valence electrons. The first-order chi connectivity index (χ1) is 11.3. The first kappa shape index (κ1) is 18.4. The van der Waals surface area contributed by atoms with Crippen LogP contribution in [0.15, 0.2) is 53.4 Å². The van der Waals surface area contributed by atoms with Crippen LogP contribution in [0, 0.1) is 5.82 Å². The molecule has 0 aliphatic rings. The first-order valence-electron chi connectivity index (χ1n) is 7.08. The molecule has 0 fully saturated rings. The smallest absolute Gasteiger partial charge is 0.244 e. The van der Waals surface area contributed by atoms with Gasteiger partial charge in [0.2, 0.25) is 15.9 Å². The van der Waals surface area contributed by atoms with Crippen LogP contribution in [0.2, 0.25) is 5.02 Å². The lowest BCUT2D eigenvalue weighted by atomic mass is 10.2. The third-order valence-corrected chi connectivity index (χ3v) is 5.65. The molecule has 0 atom stereocenters. The van der Waals surface area contributed by atoms with Gasteiger partial charge in [-0.25, -0.2) is 12.8 Å². The van der Waals surface area contributed by atoms with Gasteiger partial charge in [0.05, 0.1) is 5.02 Å². The van der Waals surface area contributed by atoms with Crippen molar-refractivity contribution in [3.8, 4) is 0 Å². The lowest BCUT2D eigenvalue weighted by Gasteiger charge is -2.22. The van der Waals surface area contributed by atoms with Crippen molar-refractivity contribution < 1.29 is 17.6 Å². The molecule has 2 rings (SSSR count). The number of sulfonamides is 1. The van der Waals surface area contributed by atoms with E-state index in [9.17, 15) is 17.6 Å². The van der Waals surface area contributed by atoms with Crippen LogP contribution >= 0.6 is 11.6 Å². The van der Waals surface area contributed by atoms with E-state index in [0.717, 1.165) is 28.1 Å². The predicted octanol–water partition coefficient (Wildman–Crippen LogP) is 2.55. The summed E-state index contributed by atoms with van der Waals surface area (Å²) in [6, 6.07) is 11.9. The van der Waals surface area contributed by atoms with Crippen molar-refractivity contribution in [1.29, 1.82) is 0 Å². The number of primary amides is 1. The summed E-state index contributed by atoms with van der Waals surface area (Å²) in [5.41, 5.74) is 5.87. The Morgan fingerprint density at radius 2 is 1.83 bits per heavy atom. The molecule has 5 nitrogen and oxygen atoms in total. The van der Waals surface area contributed by atoms with E-state index in [2.05, 4.69) is 0 Å². The van der Waals surface area contributed by atoms with E-state index in [1.54, 1.807) is 24.3 Å². The van der Waals surface area contributed by atoms with E-state index >= 15 is 0 Å². The van der Waals surface area contributed by atoms with E-state index in [1.165, 1.54) is 0 Å². The monoisotopic (exact) mass is 370 g/mol. The lowest BCUT2D eigenvalue weighted by Crippen LogP contribution is -2.33. The number of amides is 1. The molecule has 0 aliphatic heterocycles. The third kappa shape index (κ3) is 4.53. The summed E-state index contributed by atoms with van der Waals surface area (Å²) in [4.78, 5) is 10.8. The number of rotatable bonds is 7. The molecule has 0 spiro atoms. The van der Waals surface area contributed by atoms with Crippen LogP contribution in [0.25, 0.3) is 0 Å². The number of halogens is 2. The minimum atomic E-state index is -4.02. The molecule has 1 amide bonds. The average Bonchev–Trinajstić information content (AvgIpc) is 2.51. The maximum Gasteiger partial charge on any atom is 0.244 e. The van der Waals surface area contributed by atoms with Crippen LogP contribution in [0.4, 0.5) is 4.39 Å². The Balaban J connectivity index is 2.38. The Morgan fingerprint density at radius 3 is 2.42 bits per heavy atom. The fraction of sp³-hybridized carbons (Fsp3) is 0.188. The normalized spacial score (nSPS) is 11.6. The van der Waals surface area contributed by atoms with Crippen molar-refractivity contribution in [2.75, 3.05) is 6.54 Å². The van der Waals surface area contributed by atoms with Crippen LogP contribution in [0.3, 0.4) is 0 Å². The predicted molar refractivity (Wildman–Crippen MR) is 89.3 cm³/mol. The van der Waals surface area contributed by atoms with Crippen molar-refractivity contribution >= 4 is 27.5 Å². The highest BCUT2D eigenvalue weighted by atomic mass is 35.5. The largest absolute Gasteiger partial charge is 0.370 e. The van der Waals surface area contributed by atoms with Crippen molar-refractivity contribution in [3.63, 3.8) is 0 Å². The molecule has 0 radical (unpaired) electrons. The quantitative estimate of drug-likeness (QED) is 0.813. The number of carbonyl (C=O) groups excluding carboxylic acids is 1. The van der Waals surface area contributed by atoms with Crippen molar-refractivity contribution in [2.45, 2.75) is 17.9 Å². The van der Waals surface area contributed by atoms with E-state index in [0.29, 0.717) is 0 Å². The summed E-state index contributed by atoms with van der Waals surface area (Å²) < 4.78 is 40.0. The second kappa shape index (κ2) is 7.74. The molecule has 0 aromatic heterocycles.